The van der Waals surface area contributed by atoms with Gasteiger partial charge in [0.05, 0.1) is 11.6 Å². The lowest BCUT2D eigenvalue weighted by molar-refractivity contribution is -0.274. The third-order valence-electron chi connectivity index (χ3n) is 2.91. The second kappa shape index (κ2) is 5.55. The number of carboxylic acids is 1. The van der Waals surface area contributed by atoms with Gasteiger partial charge in [-0.3, -0.25) is 9.59 Å². The van der Waals surface area contributed by atoms with Gasteiger partial charge in [0.25, 0.3) is 0 Å². The molecule has 1 aromatic carbocycles. The number of ether oxygens (including phenoxy) is 1. The van der Waals surface area contributed by atoms with Crippen LogP contribution in [-0.2, 0) is 9.59 Å². The lowest BCUT2D eigenvalue weighted by atomic mass is 10.1. The first kappa shape index (κ1) is 15.6. The molecule has 2 rings (SSSR count). The van der Waals surface area contributed by atoms with Crippen LogP contribution in [0.5, 0.6) is 5.75 Å². The summed E-state index contributed by atoms with van der Waals surface area (Å²) in [6.45, 7) is -0.190. The highest BCUT2D eigenvalue weighted by Crippen LogP contribution is 2.38. The van der Waals surface area contributed by atoms with Crippen LogP contribution in [-0.4, -0.2) is 29.9 Å². The Morgan fingerprint density at radius 1 is 1.43 bits per heavy atom. The number of alkyl halides is 3. The lowest BCUT2D eigenvalue weighted by Crippen LogP contribution is -2.27. The van der Waals surface area contributed by atoms with Gasteiger partial charge >= 0.3 is 12.3 Å². The van der Waals surface area contributed by atoms with Crippen LogP contribution in [0.15, 0.2) is 22.7 Å². The minimum Gasteiger partial charge on any atom is -0.481 e. The Hall–Kier alpha value is -1.77. The van der Waals surface area contributed by atoms with E-state index < -0.39 is 29.9 Å². The number of anilines is 1. The van der Waals surface area contributed by atoms with E-state index in [9.17, 15) is 22.8 Å². The molecule has 0 spiro atoms. The number of carbonyl (C=O) groups excluding carboxylic acids is 1. The Bertz CT molecular complexity index is 590. The molecule has 1 aromatic rings. The van der Waals surface area contributed by atoms with Crippen molar-refractivity contribution in [2.45, 2.75) is 12.8 Å². The molecule has 1 N–H and O–H groups in total. The molecule has 9 heteroatoms. The van der Waals surface area contributed by atoms with Gasteiger partial charge < -0.3 is 14.7 Å². The van der Waals surface area contributed by atoms with Crippen molar-refractivity contribution < 1.29 is 32.6 Å². The standard InChI is InChI=1S/C12H9BrF3NO4/c13-7-1-2-8(9(4-7)21-12(14,15)16)17-5-6(11(19)20)3-10(17)18/h1-2,4,6H,3,5H2,(H,19,20). The number of hydrogen-bond donors (Lipinski definition) is 1. The molecular weight excluding hydrogens is 359 g/mol. The molecule has 1 heterocycles. The summed E-state index contributed by atoms with van der Waals surface area (Å²) in [6, 6.07) is 3.79. The van der Waals surface area contributed by atoms with Gasteiger partial charge in [0.1, 0.15) is 0 Å². The van der Waals surface area contributed by atoms with Gasteiger partial charge in [0, 0.05) is 17.4 Å². The van der Waals surface area contributed by atoms with Crippen molar-refractivity contribution in [3.8, 4) is 5.75 Å². The highest BCUT2D eigenvalue weighted by Gasteiger charge is 2.38. The number of halogens is 4. The van der Waals surface area contributed by atoms with Crippen LogP contribution < -0.4 is 9.64 Å². The average molecular weight is 368 g/mol. The minimum absolute atomic E-state index is 0.107. The van der Waals surface area contributed by atoms with Crippen molar-refractivity contribution in [1.82, 2.24) is 0 Å². The fourth-order valence-corrected chi connectivity index (χ4v) is 2.36. The molecule has 0 aliphatic carbocycles. The van der Waals surface area contributed by atoms with Gasteiger partial charge in [0.15, 0.2) is 5.75 Å². The van der Waals surface area contributed by atoms with Gasteiger partial charge in [-0.1, -0.05) is 15.9 Å². The molecule has 1 unspecified atom stereocenters. The monoisotopic (exact) mass is 367 g/mol. The smallest absolute Gasteiger partial charge is 0.481 e. The van der Waals surface area contributed by atoms with Gasteiger partial charge in [-0.15, -0.1) is 13.2 Å². The molecule has 21 heavy (non-hydrogen) atoms. The van der Waals surface area contributed by atoms with E-state index in [-0.39, 0.29) is 18.7 Å². The topological polar surface area (TPSA) is 66.8 Å². The number of rotatable bonds is 3. The number of hydrogen-bond acceptors (Lipinski definition) is 3. The Labute approximate surface area is 125 Å². The summed E-state index contributed by atoms with van der Waals surface area (Å²) in [6.07, 6.45) is -5.17. The minimum atomic E-state index is -4.91. The van der Waals surface area contributed by atoms with E-state index in [2.05, 4.69) is 20.7 Å². The average Bonchev–Trinajstić information content (AvgIpc) is 2.69. The quantitative estimate of drug-likeness (QED) is 0.891. The van der Waals surface area contributed by atoms with E-state index in [1.165, 1.54) is 12.1 Å². The van der Waals surface area contributed by atoms with Crippen LogP contribution >= 0.6 is 15.9 Å². The summed E-state index contributed by atoms with van der Waals surface area (Å²) >= 11 is 3.02. The number of amides is 1. The third kappa shape index (κ3) is 3.66. The van der Waals surface area contributed by atoms with Crippen LogP contribution in [0.25, 0.3) is 0 Å². The number of carboxylic acid groups (broad SMARTS) is 1. The number of benzene rings is 1. The molecular formula is C12H9BrF3NO4. The van der Waals surface area contributed by atoms with Crippen molar-refractivity contribution >= 4 is 33.5 Å². The van der Waals surface area contributed by atoms with Crippen molar-refractivity contribution in [2.75, 3.05) is 11.4 Å². The molecule has 1 fully saturated rings. The Morgan fingerprint density at radius 2 is 2.10 bits per heavy atom. The number of aliphatic carboxylic acids is 1. The lowest BCUT2D eigenvalue weighted by Gasteiger charge is -2.21. The first-order chi connectivity index (χ1) is 9.67. The van der Waals surface area contributed by atoms with E-state index in [1.807, 2.05) is 0 Å². The van der Waals surface area contributed by atoms with Crippen LogP contribution in [0.3, 0.4) is 0 Å². The molecule has 0 radical (unpaired) electrons. The zero-order chi connectivity index (χ0) is 15.8. The number of carbonyl (C=O) groups is 2. The van der Waals surface area contributed by atoms with Crippen molar-refractivity contribution in [3.63, 3.8) is 0 Å². The van der Waals surface area contributed by atoms with Crippen molar-refractivity contribution in [1.29, 1.82) is 0 Å². The zero-order valence-electron chi connectivity index (χ0n) is 10.4. The molecule has 1 aliphatic heterocycles. The second-order valence-corrected chi connectivity index (χ2v) is 5.32. The van der Waals surface area contributed by atoms with E-state index >= 15 is 0 Å². The summed E-state index contributed by atoms with van der Waals surface area (Å²) in [5, 5.41) is 8.90. The molecule has 114 valence electrons. The fraction of sp³-hybridized carbons (Fsp3) is 0.333. The first-order valence-electron chi connectivity index (χ1n) is 5.76. The van der Waals surface area contributed by atoms with E-state index in [0.29, 0.717) is 4.47 Å². The molecule has 0 aromatic heterocycles. The predicted molar refractivity (Wildman–Crippen MR) is 68.9 cm³/mol. The zero-order valence-corrected chi connectivity index (χ0v) is 11.9. The molecule has 1 saturated heterocycles. The Balaban J connectivity index is 2.35. The van der Waals surface area contributed by atoms with E-state index in [1.54, 1.807) is 0 Å². The Morgan fingerprint density at radius 3 is 2.62 bits per heavy atom. The number of nitrogens with zero attached hydrogens (tertiary/aromatic N) is 1. The van der Waals surface area contributed by atoms with Gasteiger partial charge in [-0.2, -0.15) is 0 Å². The third-order valence-corrected chi connectivity index (χ3v) is 3.41. The first-order valence-corrected chi connectivity index (χ1v) is 6.55. The molecule has 0 bridgehead atoms. The van der Waals surface area contributed by atoms with Crippen molar-refractivity contribution in [2.24, 2.45) is 5.92 Å². The summed E-state index contributed by atoms with van der Waals surface area (Å²) in [5.41, 5.74) is -0.107. The highest BCUT2D eigenvalue weighted by molar-refractivity contribution is 9.10. The maximum Gasteiger partial charge on any atom is 0.573 e. The second-order valence-electron chi connectivity index (χ2n) is 4.40. The molecule has 5 nitrogen and oxygen atoms in total. The maximum atomic E-state index is 12.4. The summed E-state index contributed by atoms with van der Waals surface area (Å²) < 4.78 is 41.5. The normalized spacial score (nSPS) is 19.0. The molecule has 1 atom stereocenters. The molecule has 1 amide bonds. The summed E-state index contributed by atoms with van der Waals surface area (Å²) in [4.78, 5) is 23.7. The van der Waals surface area contributed by atoms with Crippen LogP contribution in [0.4, 0.5) is 18.9 Å². The van der Waals surface area contributed by atoms with Gasteiger partial charge in [-0.25, -0.2) is 0 Å². The summed E-state index contributed by atoms with van der Waals surface area (Å²) in [5.74, 6) is -3.23. The highest BCUT2D eigenvalue weighted by atomic mass is 79.9. The summed E-state index contributed by atoms with van der Waals surface area (Å²) in [7, 11) is 0. The largest absolute Gasteiger partial charge is 0.573 e. The van der Waals surface area contributed by atoms with E-state index in [4.69, 9.17) is 5.11 Å². The molecule has 0 saturated carbocycles. The fourth-order valence-electron chi connectivity index (χ4n) is 2.02. The van der Waals surface area contributed by atoms with Crippen LogP contribution in [0, 0.1) is 5.92 Å². The van der Waals surface area contributed by atoms with Crippen LogP contribution in [0.2, 0.25) is 0 Å². The van der Waals surface area contributed by atoms with Crippen LogP contribution in [0.1, 0.15) is 6.42 Å². The SMILES string of the molecule is O=C(O)C1CC(=O)N(c2ccc(Br)cc2OC(F)(F)F)C1. The maximum absolute atomic E-state index is 12.4. The van der Waals surface area contributed by atoms with E-state index in [0.717, 1.165) is 11.0 Å². The van der Waals surface area contributed by atoms with Gasteiger partial charge in [0.2, 0.25) is 5.91 Å². The Kier molecular flexibility index (Phi) is 4.13. The van der Waals surface area contributed by atoms with Gasteiger partial charge in [-0.05, 0) is 18.2 Å². The van der Waals surface area contributed by atoms with Crippen molar-refractivity contribution in [3.05, 3.63) is 22.7 Å². The predicted octanol–water partition coefficient (Wildman–Crippen LogP) is 2.79. The molecule has 1 aliphatic rings.